The summed E-state index contributed by atoms with van der Waals surface area (Å²) in [5.41, 5.74) is 0. The fourth-order valence-electron chi connectivity index (χ4n) is 9.43. The molecular formula is C82H133NO8. The molecule has 0 bridgehead atoms. The topological polar surface area (TPSA) is 111 Å². The van der Waals surface area contributed by atoms with Crippen molar-refractivity contribution >= 4 is 17.9 Å². The molecule has 0 aliphatic heterocycles. The number of carboxylic acid groups (broad SMARTS) is 1. The Bertz CT molecular complexity index is 2100. The van der Waals surface area contributed by atoms with E-state index in [2.05, 4.69) is 184 Å². The van der Waals surface area contributed by atoms with E-state index in [1.807, 2.05) is 21.1 Å². The van der Waals surface area contributed by atoms with Gasteiger partial charge in [0.25, 0.3) is 0 Å². The standard InChI is InChI=1S/C82H133NO8/c1-6-8-10-12-14-16-18-20-22-24-26-28-30-32-34-35-36-37-38-39-40-41-42-43-44-45-47-49-51-53-55-57-59-61-63-65-67-69-71-73-80(85)91-78(77-90-82(81(86)87)88-75-74-83(3,4)5)76-89-79(84)72-70-68-66-64-62-60-58-56-54-52-50-48-46-33-31-29-27-25-23-21-19-17-15-13-11-9-7-2/h8,10,14,16,19-22,25-28,31-34,36-37,39-40,42-43,45,47,51,53,57,59,78,82H,6-7,9,11-13,15,17-18,23-24,29-30,35,38,41,44,46,48-50,52,54-56,58,60-77H2,1-5H3/b10-8-,16-14-,21-19-,22-20-,27-25-,28-26-,33-31-,34-32-,37-36-,40-39-,43-42-,47-45-,53-51-,59-57-. The second-order valence-electron chi connectivity index (χ2n) is 24.8. The highest BCUT2D eigenvalue weighted by Crippen LogP contribution is 2.15. The Morgan fingerprint density at radius 2 is 0.626 bits per heavy atom. The summed E-state index contributed by atoms with van der Waals surface area (Å²) in [7, 11) is 5.91. The van der Waals surface area contributed by atoms with Gasteiger partial charge < -0.3 is 33.3 Å². The molecule has 9 nitrogen and oxygen atoms in total. The largest absolute Gasteiger partial charge is 0.545 e. The molecule has 0 aliphatic rings. The van der Waals surface area contributed by atoms with Crippen molar-refractivity contribution in [3.05, 3.63) is 170 Å². The van der Waals surface area contributed by atoms with Crippen LogP contribution in [0.3, 0.4) is 0 Å². The lowest BCUT2D eigenvalue weighted by molar-refractivity contribution is -0.870. The number of carbonyl (C=O) groups is 3. The van der Waals surface area contributed by atoms with Crippen molar-refractivity contribution in [3.8, 4) is 0 Å². The van der Waals surface area contributed by atoms with Gasteiger partial charge >= 0.3 is 11.9 Å². The molecular weight excluding hydrogens is 1130 g/mol. The molecule has 0 spiro atoms. The number of allylic oxidation sites excluding steroid dienone is 28. The number of nitrogens with zero attached hydrogens (tertiary/aromatic N) is 1. The quantitative estimate of drug-likeness (QED) is 0.0195. The Kier molecular flexibility index (Phi) is 66.4. The summed E-state index contributed by atoms with van der Waals surface area (Å²) in [6, 6.07) is 0. The van der Waals surface area contributed by atoms with Gasteiger partial charge in [0.1, 0.15) is 13.2 Å². The highest BCUT2D eigenvalue weighted by molar-refractivity contribution is 5.70. The number of hydrogen-bond acceptors (Lipinski definition) is 8. The Labute approximate surface area is 558 Å². The van der Waals surface area contributed by atoms with Gasteiger partial charge in [-0.2, -0.15) is 0 Å². The summed E-state index contributed by atoms with van der Waals surface area (Å²) in [4.78, 5) is 37.5. The first-order valence-corrected chi connectivity index (χ1v) is 36.3. The van der Waals surface area contributed by atoms with Crippen LogP contribution in [0.15, 0.2) is 170 Å². The highest BCUT2D eigenvalue weighted by Gasteiger charge is 2.22. The molecule has 0 N–H and O–H groups in total. The Balaban J connectivity index is 4.23. The van der Waals surface area contributed by atoms with Crippen LogP contribution >= 0.6 is 0 Å². The minimum atomic E-state index is -1.64. The number of carboxylic acids is 1. The molecule has 0 saturated heterocycles. The van der Waals surface area contributed by atoms with Gasteiger partial charge in [-0.15, -0.1) is 0 Å². The van der Waals surface area contributed by atoms with Gasteiger partial charge in [-0.3, -0.25) is 9.59 Å². The summed E-state index contributed by atoms with van der Waals surface area (Å²) < 4.78 is 22.8. The number of esters is 2. The fraction of sp³-hybridized carbons (Fsp3) is 0.622. The monoisotopic (exact) mass is 1260 g/mol. The molecule has 9 heteroatoms. The molecule has 2 unspecified atom stereocenters. The minimum absolute atomic E-state index is 0.134. The van der Waals surface area contributed by atoms with Crippen LogP contribution in [0.5, 0.6) is 0 Å². The zero-order valence-corrected chi connectivity index (χ0v) is 58.6. The van der Waals surface area contributed by atoms with Gasteiger partial charge in [0.05, 0.1) is 40.3 Å². The van der Waals surface area contributed by atoms with Crippen LogP contribution in [0.25, 0.3) is 0 Å². The molecule has 91 heavy (non-hydrogen) atoms. The van der Waals surface area contributed by atoms with E-state index in [0.29, 0.717) is 17.4 Å². The summed E-state index contributed by atoms with van der Waals surface area (Å²) >= 11 is 0. The van der Waals surface area contributed by atoms with Gasteiger partial charge in [0, 0.05) is 12.8 Å². The van der Waals surface area contributed by atoms with Crippen molar-refractivity contribution < 1.29 is 42.9 Å². The van der Waals surface area contributed by atoms with E-state index in [1.165, 1.54) is 103 Å². The second kappa shape index (κ2) is 70.5. The number of unbranched alkanes of at least 4 members (excludes halogenated alkanes) is 22. The van der Waals surface area contributed by atoms with E-state index in [4.69, 9.17) is 18.9 Å². The van der Waals surface area contributed by atoms with Crippen LogP contribution in [0.4, 0.5) is 0 Å². The van der Waals surface area contributed by atoms with E-state index < -0.39 is 24.3 Å². The summed E-state index contributed by atoms with van der Waals surface area (Å²) in [5, 5.41) is 11.8. The summed E-state index contributed by atoms with van der Waals surface area (Å²) in [6.07, 6.45) is 103. The zero-order chi connectivity index (χ0) is 66.1. The third kappa shape index (κ3) is 71.9. The molecule has 0 rings (SSSR count). The Hall–Kier alpha value is -5.35. The van der Waals surface area contributed by atoms with Crippen molar-refractivity contribution in [1.82, 2.24) is 0 Å². The van der Waals surface area contributed by atoms with Gasteiger partial charge in [-0.05, 0) is 135 Å². The lowest BCUT2D eigenvalue weighted by atomic mass is 10.0. The number of hydrogen-bond donors (Lipinski definition) is 0. The van der Waals surface area contributed by atoms with Crippen molar-refractivity contribution in [1.29, 1.82) is 0 Å². The normalized spacial score (nSPS) is 13.7. The molecule has 0 amide bonds. The molecule has 0 aromatic rings. The van der Waals surface area contributed by atoms with Crippen LogP contribution in [-0.2, 0) is 33.3 Å². The molecule has 0 radical (unpaired) electrons. The molecule has 0 aliphatic carbocycles. The van der Waals surface area contributed by atoms with Gasteiger partial charge in [0.2, 0.25) is 0 Å². The molecule has 0 fully saturated rings. The van der Waals surface area contributed by atoms with E-state index in [0.717, 1.165) is 135 Å². The van der Waals surface area contributed by atoms with E-state index in [-0.39, 0.29) is 38.6 Å². The number of aliphatic carboxylic acids is 1. The van der Waals surface area contributed by atoms with E-state index >= 15 is 0 Å². The van der Waals surface area contributed by atoms with Gasteiger partial charge in [-0.25, -0.2) is 0 Å². The molecule has 0 aromatic carbocycles. The van der Waals surface area contributed by atoms with Crippen molar-refractivity contribution in [2.75, 3.05) is 47.5 Å². The first kappa shape index (κ1) is 85.7. The van der Waals surface area contributed by atoms with Crippen molar-refractivity contribution in [3.63, 3.8) is 0 Å². The first-order valence-electron chi connectivity index (χ1n) is 36.3. The third-order valence-electron chi connectivity index (χ3n) is 14.9. The smallest absolute Gasteiger partial charge is 0.306 e. The maximum Gasteiger partial charge on any atom is 0.306 e. The molecule has 2 atom stereocenters. The number of quaternary nitrogens is 1. The molecule has 0 aromatic heterocycles. The predicted octanol–water partition coefficient (Wildman–Crippen LogP) is 21.7. The van der Waals surface area contributed by atoms with E-state index in [9.17, 15) is 19.5 Å². The van der Waals surface area contributed by atoms with Crippen LogP contribution in [0, 0.1) is 0 Å². The average Bonchev–Trinajstić information content (AvgIpc) is 3.46. The predicted molar refractivity (Wildman–Crippen MR) is 388 cm³/mol. The van der Waals surface area contributed by atoms with Gasteiger partial charge in [0.15, 0.2) is 12.4 Å². The van der Waals surface area contributed by atoms with Crippen molar-refractivity contribution in [2.45, 2.75) is 283 Å². The lowest BCUT2D eigenvalue weighted by Crippen LogP contribution is -2.44. The van der Waals surface area contributed by atoms with Crippen LogP contribution in [0.2, 0.25) is 0 Å². The highest BCUT2D eigenvalue weighted by atomic mass is 16.7. The maximum atomic E-state index is 12.9. The Morgan fingerprint density at radius 1 is 0.341 bits per heavy atom. The Morgan fingerprint density at radius 3 is 0.934 bits per heavy atom. The number of likely N-dealkylation sites (N-methyl/N-ethyl adjacent to an activating group) is 1. The zero-order valence-electron chi connectivity index (χ0n) is 58.6. The van der Waals surface area contributed by atoms with Crippen LogP contribution < -0.4 is 5.11 Å². The molecule has 514 valence electrons. The summed E-state index contributed by atoms with van der Waals surface area (Å²) in [5.74, 6) is -2.32. The second-order valence-corrected chi connectivity index (χ2v) is 24.8. The van der Waals surface area contributed by atoms with Gasteiger partial charge in [-0.1, -0.05) is 293 Å². The SMILES string of the molecule is CC/C=C\C/C=C\C/C=C\C/C=C\C/C=C\C/C=C\C/C=C\C/C=C\C/C=C\C/C=C\C/C=C\CCCCCCCC(=O)OC(COC(=O)CCCCCCCCCCCCCC/C=C\C/C=C\C/C=C\CCCCCCC)COC(OCC[N+](C)(C)C)C(=O)[O-]. The third-order valence-corrected chi connectivity index (χ3v) is 14.9. The molecule has 0 saturated carbocycles. The average molecular weight is 1260 g/mol. The van der Waals surface area contributed by atoms with Crippen molar-refractivity contribution in [2.24, 2.45) is 0 Å². The lowest BCUT2D eigenvalue weighted by Gasteiger charge is -2.26. The number of ether oxygens (including phenoxy) is 4. The first-order chi connectivity index (χ1) is 44.6. The fourth-order valence-corrected chi connectivity index (χ4v) is 9.43. The number of rotatable bonds is 65. The minimum Gasteiger partial charge on any atom is -0.545 e. The van der Waals surface area contributed by atoms with Crippen LogP contribution in [0.1, 0.15) is 271 Å². The summed E-state index contributed by atoms with van der Waals surface area (Å²) in [6.45, 7) is 4.59. The maximum absolute atomic E-state index is 12.9. The van der Waals surface area contributed by atoms with E-state index in [1.54, 1.807) is 0 Å². The van der Waals surface area contributed by atoms with Crippen LogP contribution in [-0.4, -0.2) is 82.3 Å². The number of carbonyl (C=O) groups excluding carboxylic acids is 3. The molecule has 0 heterocycles.